The molecule has 2 aromatic rings. The summed E-state index contributed by atoms with van der Waals surface area (Å²) >= 11 is 1.33. The molecule has 1 aromatic heterocycles. The Balaban J connectivity index is 1.89. The van der Waals surface area contributed by atoms with Crippen molar-refractivity contribution in [1.82, 2.24) is 10.2 Å². The monoisotopic (exact) mass is 405 g/mol. The van der Waals surface area contributed by atoms with Crippen LogP contribution in [0.5, 0.6) is 0 Å². The van der Waals surface area contributed by atoms with Crippen LogP contribution in [0.15, 0.2) is 24.3 Å². The number of anilines is 1. The molecule has 1 aromatic carbocycles. The smallest absolute Gasteiger partial charge is 0.348 e. The van der Waals surface area contributed by atoms with Gasteiger partial charge in [0.1, 0.15) is 4.88 Å². The van der Waals surface area contributed by atoms with Gasteiger partial charge < -0.3 is 20.3 Å². The Morgan fingerprint density at radius 1 is 1.18 bits per heavy atom. The van der Waals surface area contributed by atoms with Crippen molar-refractivity contribution in [3.63, 3.8) is 0 Å². The van der Waals surface area contributed by atoms with E-state index in [1.54, 1.807) is 31.2 Å². The molecule has 8 heteroatoms. The second-order valence-corrected chi connectivity index (χ2v) is 7.81. The lowest BCUT2D eigenvalue weighted by Crippen LogP contribution is -2.37. The predicted octanol–water partition coefficient (Wildman–Crippen LogP) is 2.86. The van der Waals surface area contributed by atoms with Crippen LogP contribution in [0.1, 0.15) is 36.9 Å². The molecule has 0 atom stereocenters. The van der Waals surface area contributed by atoms with Gasteiger partial charge in [0.25, 0.3) is 0 Å². The summed E-state index contributed by atoms with van der Waals surface area (Å²) in [6.45, 7) is 7.56. The molecule has 0 spiro atoms. The number of rotatable bonds is 8. The van der Waals surface area contributed by atoms with Gasteiger partial charge in [0.15, 0.2) is 0 Å². The predicted molar refractivity (Wildman–Crippen MR) is 112 cm³/mol. The molecule has 0 bridgehead atoms. The maximum atomic E-state index is 12.1. The van der Waals surface area contributed by atoms with Crippen LogP contribution in [-0.2, 0) is 14.3 Å². The summed E-state index contributed by atoms with van der Waals surface area (Å²) in [4.78, 5) is 38.5. The van der Waals surface area contributed by atoms with Crippen molar-refractivity contribution in [2.75, 3.05) is 32.1 Å². The van der Waals surface area contributed by atoms with Crippen LogP contribution in [0.3, 0.4) is 0 Å². The summed E-state index contributed by atoms with van der Waals surface area (Å²) in [7, 11) is 2.02. The standard InChI is InChI=1S/C20H27N3O4S/c1-5-27-20(26)17-12-14-11-15(7-8-16(14)28-17)22-19(25)18(24)21-9-6-10-23(4)13(2)3/h7-8,11-13H,5-6,9-10H2,1-4H3,(H,21,24)(H,22,25). The molecule has 0 aliphatic heterocycles. The van der Waals surface area contributed by atoms with Crippen LogP contribution in [0.25, 0.3) is 10.1 Å². The second kappa shape index (κ2) is 10.2. The second-order valence-electron chi connectivity index (χ2n) is 6.72. The average molecular weight is 406 g/mol. The molecule has 1 heterocycles. The number of amides is 2. The van der Waals surface area contributed by atoms with Crippen LogP contribution in [0, 0.1) is 0 Å². The van der Waals surface area contributed by atoms with E-state index in [-0.39, 0.29) is 5.97 Å². The highest BCUT2D eigenvalue weighted by atomic mass is 32.1. The highest BCUT2D eigenvalue weighted by Crippen LogP contribution is 2.28. The number of fused-ring (bicyclic) bond motifs is 1. The van der Waals surface area contributed by atoms with E-state index in [2.05, 4.69) is 29.4 Å². The maximum Gasteiger partial charge on any atom is 0.348 e. The summed E-state index contributed by atoms with van der Waals surface area (Å²) in [6, 6.07) is 7.40. The lowest BCUT2D eigenvalue weighted by Gasteiger charge is -2.20. The lowest BCUT2D eigenvalue weighted by atomic mass is 10.2. The molecule has 0 aliphatic rings. The Kier molecular flexibility index (Phi) is 7.95. The van der Waals surface area contributed by atoms with Crippen molar-refractivity contribution in [3.05, 3.63) is 29.1 Å². The van der Waals surface area contributed by atoms with Crippen molar-refractivity contribution < 1.29 is 19.1 Å². The van der Waals surface area contributed by atoms with Crippen LogP contribution in [0.4, 0.5) is 5.69 Å². The van der Waals surface area contributed by atoms with Crippen molar-refractivity contribution in [2.24, 2.45) is 0 Å². The Hall–Kier alpha value is -2.45. The molecule has 0 saturated heterocycles. The van der Waals surface area contributed by atoms with E-state index in [9.17, 15) is 14.4 Å². The first-order chi connectivity index (χ1) is 13.3. The zero-order valence-electron chi connectivity index (χ0n) is 16.7. The van der Waals surface area contributed by atoms with Gasteiger partial charge in [-0.3, -0.25) is 9.59 Å². The Morgan fingerprint density at radius 2 is 1.93 bits per heavy atom. The zero-order chi connectivity index (χ0) is 20.7. The number of hydrogen-bond donors (Lipinski definition) is 2. The number of benzene rings is 1. The molecule has 0 fully saturated rings. The molecular weight excluding hydrogens is 378 g/mol. The van der Waals surface area contributed by atoms with Crippen LogP contribution >= 0.6 is 11.3 Å². The number of hydrogen-bond acceptors (Lipinski definition) is 6. The fraction of sp³-hybridized carbons (Fsp3) is 0.450. The largest absolute Gasteiger partial charge is 0.462 e. The maximum absolute atomic E-state index is 12.1. The van der Waals surface area contributed by atoms with Gasteiger partial charge in [0.05, 0.1) is 6.61 Å². The molecule has 2 amide bonds. The molecule has 7 nitrogen and oxygen atoms in total. The molecule has 152 valence electrons. The summed E-state index contributed by atoms with van der Waals surface area (Å²) in [5, 5.41) is 6.03. The highest BCUT2D eigenvalue weighted by molar-refractivity contribution is 7.20. The Morgan fingerprint density at radius 3 is 2.61 bits per heavy atom. The fourth-order valence-corrected chi connectivity index (χ4v) is 3.42. The van der Waals surface area contributed by atoms with E-state index in [0.717, 1.165) is 23.1 Å². The van der Waals surface area contributed by atoms with E-state index < -0.39 is 11.8 Å². The molecule has 0 unspecified atom stereocenters. The van der Waals surface area contributed by atoms with Crippen molar-refractivity contribution in [2.45, 2.75) is 33.2 Å². The van der Waals surface area contributed by atoms with Gasteiger partial charge in [-0.1, -0.05) is 0 Å². The topological polar surface area (TPSA) is 87.7 Å². The summed E-state index contributed by atoms with van der Waals surface area (Å²) in [5.74, 6) is -1.74. The van der Waals surface area contributed by atoms with Crippen molar-refractivity contribution >= 4 is 44.9 Å². The third-order valence-corrected chi connectivity index (χ3v) is 5.41. The van der Waals surface area contributed by atoms with Gasteiger partial charge in [-0.05, 0) is 70.4 Å². The molecular formula is C20H27N3O4S. The average Bonchev–Trinajstić information content (AvgIpc) is 3.08. The number of esters is 1. The Bertz CT molecular complexity index is 847. The van der Waals surface area contributed by atoms with Crippen LogP contribution in [-0.4, -0.2) is 55.5 Å². The minimum Gasteiger partial charge on any atom is -0.462 e. The first-order valence-electron chi connectivity index (χ1n) is 9.32. The third kappa shape index (κ3) is 6.03. The van der Waals surface area contributed by atoms with E-state index >= 15 is 0 Å². The van der Waals surface area contributed by atoms with Crippen LogP contribution in [0.2, 0.25) is 0 Å². The summed E-state index contributed by atoms with van der Waals surface area (Å²) in [6.07, 6.45) is 0.769. The number of nitrogens with zero attached hydrogens (tertiary/aromatic N) is 1. The first-order valence-corrected chi connectivity index (χ1v) is 10.1. The van der Waals surface area contributed by atoms with E-state index in [1.165, 1.54) is 11.3 Å². The number of thiophene rings is 1. The quantitative estimate of drug-likeness (QED) is 0.401. The number of carbonyl (C=O) groups is 3. The van der Waals surface area contributed by atoms with Gasteiger partial charge in [0, 0.05) is 23.0 Å². The molecule has 28 heavy (non-hydrogen) atoms. The van der Waals surface area contributed by atoms with E-state index in [4.69, 9.17) is 4.74 Å². The molecule has 0 saturated carbocycles. The Labute approximate surface area is 169 Å². The third-order valence-electron chi connectivity index (χ3n) is 4.31. The minimum absolute atomic E-state index is 0.317. The minimum atomic E-state index is -0.711. The van der Waals surface area contributed by atoms with Gasteiger partial charge in [0.2, 0.25) is 0 Å². The van der Waals surface area contributed by atoms with Crippen molar-refractivity contribution in [1.29, 1.82) is 0 Å². The van der Waals surface area contributed by atoms with Crippen molar-refractivity contribution in [3.8, 4) is 0 Å². The van der Waals surface area contributed by atoms with Crippen LogP contribution < -0.4 is 10.6 Å². The molecule has 0 radical (unpaired) electrons. The molecule has 2 rings (SSSR count). The number of carbonyl (C=O) groups excluding carboxylic acids is 3. The SMILES string of the molecule is CCOC(=O)c1cc2cc(NC(=O)C(=O)NCCCN(C)C(C)C)ccc2s1. The van der Waals surface area contributed by atoms with E-state index in [1.807, 2.05) is 7.05 Å². The summed E-state index contributed by atoms with van der Waals surface area (Å²) in [5.41, 5.74) is 0.500. The summed E-state index contributed by atoms with van der Waals surface area (Å²) < 4.78 is 5.91. The fourth-order valence-electron chi connectivity index (χ4n) is 2.48. The van der Waals surface area contributed by atoms with E-state index in [0.29, 0.717) is 29.8 Å². The van der Waals surface area contributed by atoms with Gasteiger partial charge in [-0.2, -0.15) is 0 Å². The van der Waals surface area contributed by atoms with Gasteiger partial charge in [-0.25, -0.2) is 4.79 Å². The molecule has 0 aliphatic carbocycles. The first kappa shape index (κ1) is 21.8. The highest BCUT2D eigenvalue weighted by Gasteiger charge is 2.15. The van der Waals surface area contributed by atoms with Gasteiger partial charge >= 0.3 is 17.8 Å². The number of nitrogens with one attached hydrogen (secondary N) is 2. The lowest BCUT2D eigenvalue weighted by molar-refractivity contribution is -0.136. The molecule has 2 N–H and O–H groups in total. The number of ether oxygens (including phenoxy) is 1. The zero-order valence-corrected chi connectivity index (χ0v) is 17.5. The normalized spacial score (nSPS) is 11.1. The van der Waals surface area contributed by atoms with Gasteiger partial charge in [-0.15, -0.1) is 11.3 Å².